The van der Waals surface area contributed by atoms with Gasteiger partial charge in [-0.25, -0.2) is 0 Å². The van der Waals surface area contributed by atoms with Crippen LogP contribution in [-0.2, 0) is 22.5 Å². The van der Waals surface area contributed by atoms with Crippen LogP contribution in [0.15, 0.2) is 18.2 Å². The Bertz CT molecular complexity index is 901. The fourth-order valence-corrected chi connectivity index (χ4v) is 3.27. The average molecular weight is 400 g/mol. The minimum absolute atomic E-state index is 0.101. The van der Waals surface area contributed by atoms with Crippen molar-refractivity contribution in [2.24, 2.45) is 5.92 Å². The smallest absolute Gasteiger partial charge is 0.310 e. The molecule has 0 bridgehead atoms. The summed E-state index contributed by atoms with van der Waals surface area (Å²) in [4.78, 5) is 24.7. The number of ether oxygens (including phenoxy) is 3. The first-order chi connectivity index (χ1) is 13.8. The number of rotatable bonds is 7. The van der Waals surface area contributed by atoms with E-state index in [2.05, 4.69) is 18.9 Å². The van der Waals surface area contributed by atoms with Crippen LogP contribution in [0.25, 0.3) is 0 Å². The second-order valence-corrected chi connectivity index (χ2v) is 7.70. The number of nitrogens with zero attached hydrogens (tertiary/aromatic N) is 2. The monoisotopic (exact) mass is 400 g/mol. The number of aromatic nitrogens is 2. The molecule has 2 aromatic rings. The van der Waals surface area contributed by atoms with Crippen LogP contribution in [0.2, 0.25) is 0 Å². The zero-order valence-electron chi connectivity index (χ0n) is 17.5. The molecule has 29 heavy (non-hydrogen) atoms. The third-order valence-electron chi connectivity index (χ3n) is 4.82. The predicted octanol–water partition coefficient (Wildman–Crippen LogP) is 3.29. The quantitative estimate of drug-likeness (QED) is 0.524. The maximum Gasteiger partial charge on any atom is 0.310 e. The Balaban J connectivity index is 1.59. The number of aryl methyl sites for hydroxylation is 1. The van der Waals surface area contributed by atoms with E-state index >= 15 is 0 Å². The molecule has 7 nitrogen and oxygen atoms in total. The molecule has 0 aliphatic carbocycles. The standard InChI is InChI=1S/C22H28N2O5/c1-14(2)12-24-16(4)18(15(3)23-24)11-22(26)29-13-19(25)17-6-7-20-21(10-17)28-9-5-8-27-20/h6-7,10,14H,5,8-9,11-13H2,1-4H3. The Hall–Kier alpha value is -2.83. The van der Waals surface area contributed by atoms with E-state index in [1.54, 1.807) is 18.2 Å². The van der Waals surface area contributed by atoms with Crippen molar-refractivity contribution in [3.8, 4) is 11.5 Å². The van der Waals surface area contributed by atoms with E-state index in [9.17, 15) is 9.59 Å². The number of hydrogen-bond donors (Lipinski definition) is 0. The molecule has 0 saturated heterocycles. The molecule has 0 N–H and O–H groups in total. The van der Waals surface area contributed by atoms with Crippen LogP contribution < -0.4 is 9.47 Å². The highest BCUT2D eigenvalue weighted by molar-refractivity contribution is 5.98. The van der Waals surface area contributed by atoms with Gasteiger partial charge in [0.25, 0.3) is 0 Å². The van der Waals surface area contributed by atoms with Gasteiger partial charge in [-0.05, 0) is 38.0 Å². The molecule has 1 aliphatic rings. The van der Waals surface area contributed by atoms with Crippen LogP contribution in [0.5, 0.6) is 11.5 Å². The average Bonchev–Trinajstić information content (AvgIpc) is 2.86. The van der Waals surface area contributed by atoms with Crippen LogP contribution in [0.3, 0.4) is 0 Å². The summed E-state index contributed by atoms with van der Waals surface area (Å²) in [5, 5.41) is 4.51. The molecule has 156 valence electrons. The summed E-state index contributed by atoms with van der Waals surface area (Å²) < 4.78 is 18.3. The highest BCUT2D eigenvalue weighted by atomic mass is 16.5. The lowest BCUT2D eigenvalue weighted by Gasteiger charge is -2.10. The largest absolute Gasteiger partial charge is 0.490 e. The maximum atomic E-state index is 12.4. The second kappa shape index (κ2) is 9.11. The van der Waals surface area contributed by atoms with E-state index in [0.29, 0.717) is 36.2 Å². The summed E-state index contributed by atoms with van der Waals surface area (Å²) in [6.45, 7) is 9.70. The van der Waals surface area contributed by atoms with Crippen LogP contribution in [0.1, 0.15) is 47.6 Å². The summed E-state index contributed by atoms with van der Waals surface area (Å²) >= 11 is 0. The molecule has 0 radical (unpaired) electrons. The molecular formula is C22H28N2O5. The summed E-state index contributed by atoms with van der Waals surface area (Å²) in [7, 11) is 0. The minimum atomic E-state index is -0.442. The molecule has 0 unspecified atom stereocenters. The molecular weight excluding hydrogens is 372 g/mol. The number of carbonyl (C=O) groups is 2. The molecule has 1 aromatic heterocycles. The number of esters is 1. The Kier molecular flexibility index (Phi) is 6.56. The highest BCUT2D eigenvalue weighted by Crippen LogP contribution is 2.30. The topological polar surface area (TPSA) is 79.7 Å². The van der Waals surface area contributed by atoms with Crippen molar-refractivity contribution in [3.05, 3.63) is 40.7 Å². The molecule has 0 spiro atoms. The molecule has 3 rings (SSSR count). The molecule has 0 atom stereocenters. The molecule has 1 aliphatic heterocycles. The van der Waals surface area contributed by atoms with Crippen LogP contribution in [0.4, 0.5) is 0 Å². The van der Waals surface area contributed by atoms with Crippen molar-refractivity contribution < 1.29 is 23.8 Å². The molecule has 2 heterocycles. The molecule has 0 amide bonds. The molecule has 0 saturated carbocycles. The van der Waals surface area contributed by atoms with Gasteiger partial charge in [-0.15, -0.1) is 0 Å². The van der Waals surface area contributed by atoms with Gasteiger partial charge in [0.05, 0.1) is 25.3 Å². The van der Waals surface area contributed by atoms with E-state index in [4.69, 9.17) is 14.2 Å². The molecule has 0 fully saturated rings. The van der Waals surface area contributed by atoms with Crippen molar-refractivity contribution in [3.63, 3.8) is 0 Å². The van der Waals surface area contributed by atoms with Gasteiger partial charge in [-0.2, -0.15) is 5.10 Å². The summed E-state index contributed by atoms with van der Waals surface area (Å²) in [6.07, 6.45) is 0.895. The fraction of sp³-hybridized carbons (Fsp3) is 0.500. The Labute approximate surface area is 170 Å². The highest BCUT2D eigenvalue weighted by Gasteiger charge is 2.19. The minimum Gasteiger partial charge on any atom is -0.490 e. The van der Waals surface area contributed by atoms with E-state index in [0.717, 1.165) is 29.9 Å². The van der Waals surface area contributed by atoms with Crippen molar-refractivity contribution in [2.75, 3.05) is 19.8 Å². The number of Topliss-reactive ketones (excluding diaryl/α,β-unsaturated/α-hetero) is 1. The van der Waals surface area contributed by atoms with E-state index in [-0.39, 0.29) is 18.8 Å². The van der Waals surface area contributed by atoms with Gasteiger partial charge in [-0.1, -0.05) is 13.8 Å². The van der Waals surface area contributed by atoms with E-state index < -0.39 is 5.97 Å². The first-order valence-electron chi connectivity index (χ1n) is 9.96. The third-order valence-corrected chi connectivity index (χ3v) is 4.82. The summed E-state index contributed by atoms with van der Waals surface area (Å²) in [6, 6.07) is 5.01. The number of fused-ring (bicyclic) bond motifs is 1. The SMILES string of the molecule is Cc1nn(CC(C)C)c(C)c1CC(=O)OCC(=O)c1ccc2c(c1)OCCCO2. The van der Waals surface area contributed by atoms with Crippen molar-refractivity contribution in [2.45, 2.75) is 47.1 Å². The predicted molar refractivity (Wildman–Crippen MR) is 108 cm³/mol. The van der Waals surface area contributed by atoms with Gasteiger partial charge in [0.2, 0.25) is 0 Å². The number of hydrogen-bond acceptors (Lipinski definition) is 6. The Morgan fingerprint density at radius 3 is 2.62 bits per heavy atom. The van der Waals surface area contributed by atoms with E-state index in [1.165, 1.54) is 0 Å². The first kappa shape index (κ1) is 20.9. The van der Waals surface area contributed by atoms with Gasteiger partial charge in [0.1, 0.15) is 0 Å². The van der Waals surface area contributed by atoms with Crippen LogP contribution >= 0.6 is 0 Å². The van der Waals surface area contributed by atoms with Crippen LogP contribution in [-0.4, -0.2) is 41.4 Å². The van der Waals surface area contributed by atoms with Gasteiger partial charge in [0.15, 0.2) is 23.9 Å². The Morgan fingerprint density at radius 1 is 1.17 bits per heavy atom. The lowest BCUT2D eigenvalue weighted by molar-refractivity contribution is -0.141. The summed E-state index contributed by atoms with van der Waals surface area (Å²) in [5.41, 5.74) is 3.06. The van der Waals surface area contributed by atoms with Crippen molar-refractivity contribution in [1.29, 1.82) is 0 Å². The van der Waals surface area contributed by atoms with E-state index in [1.807, 2.05) is 18.5 Å². The third kappa shape index (κ3) is 5.16. The maximum absolute atomic E-state index is 12.4. The summed E-state index contributed by atoms with van der Waals surface area (Å²) in [5.74, 6) is 0.908. The Morgan fingerprint density at radius 2 is 1.90 bits per heavy atom. The van der Waals surface area contributed by atoms with Crippen molar-refractivity contribution >= 4 is 11.8 Å². The molecule has 1 aromatic carbocycles. The van der Waals surface area contributed by atoms with Crippen molar-refractivity contribution in [1.82, 2.24) is 9.78 Å². The number of ketones is 1. The normalized spacial score (nSPS) is 13.3. The molecule has 7 heteroatoms. The number of benzene rings is 1. The van der Waals surface area contributed by atoms with Gasteiger partial charge >= 0.3 is 5.97 Å². The fourth-order valence-electron chi connectivity index (χ4n) is 3.27. The van der Waals surface area contributed by atoms with Gasteiger partial charge in [0, 0.05) is 29.8 Å². The van der Waals surface area contributed by atoms with Crippen LogP contribution in [0, 0.1) is 19.8 Å². The first-order valence-corrected chi connectivity index (χ1v) is 9.96. The van der Waals surface area contributed by atoms with Gasteiger partial charge < -0.3 is 14.2 Å². The second-order valence-electron chi connectivity index (χ2n) is 7.70. The lowest BCUT2D eigenvalue weighted by Crippen LogP contribution is -2.16. The number of carbonyl (C=O) groups excluding carboxylic acids is 2. The zero-order valence-corrected chi connectivity index (χ0v) is 17.5. The van der Waals surface area contributed by atoms with Gasteiger partial charge in [-0.3, -0.25) is 14.3 Å². The lowest BCUT2D eigenvalue weighted by atomic mass is 10.1. The zero-order chi connectivity index (χ0) is 21.0.